The maximum atomic E-state index is 13.1. The van der Waals surface area contributed by atoms with Crippen LogP contribution in [0.2, 0.25) is 0 Å². The second-order valence-corrected chi connectivity index (χ2v) is 9.15. The van der Waals surface area contributed by atoms with Crippen molar-refractivity contribution in [3.8, 4) is 5.69 Å². The summed E-state index contributed by atoms with van der Waals surface area (Å²) >= 11 is 0. The van der Waals surface area contributed by atoms with Crippen molar-refractivity contribution in [1.82, 2.24) is 15.1 Å². The van der Waals surface area contributed by atoms with E-state index in [2.05, 4.69) is 15.7 Å². The molecular weight excluding hydrogens is 420 g/mol. The van der Waals surface area contributed by atoms with Crippen LogP contribution in [0, 0.1) is 13.8 Å². The first-order valence-electron chi connectivity index (χ1n) is 10.8. The van der Waals surface area contributed by atoms with E-state index in [4.69, 9.17) is 0 Å². The summed E-state index contributed by atoms with van der Waals surface area (Å²) in [4.78, 5) is 24.6. The van der Waals surface area contributed by atoms with Crippen LogP contribution < -0.4 is 10.6 Å². The van der Waals surface area contributed by atoms with E-state index in [-0.39, 0.29) is 11.0 Å². The van der Waals surface area contributed by atoms with Gasteiger partial charge in [0.05, 0.1) is 29.1 Å². The van der Waals surface area contributed by atoms with Gasteiger partial charge in [0.1, 0.15) is 5.82 Å². The van der Waals surface area contributed by atoms with E-state index in [1.807, 2.05) is 58.0 Å². The van der Waals surface area contributed by atoms with Gasteiger partial charge in [0.15, 0.2) is 0 Å². The van der Waals surface area contributed by atoms with Crippen LogP contribution in [0.5, 0.6) is 0 Å². The maximum absolute atomic E-state index is 13.1. The van der Waals surface area contributed by atoms with Crippen molar-refractivity contribution >= 4 is 17.8 Å². The van der Waals surface area contributed by atoms with Gasteiger partial charge in [0.2, 0.25) is 0 Å². The van der Waals surface area contributed by atoms with Crippen molar-refractivity contribution < 1.29 is 19.8 Å². The number of aromatic carboxylic acids is 1. The molecule has 0 fully saturated rings. The minimum absolute atomic E-state index is 0.111. The van der Waals surface area contributed by atoms with Crippen molar-refractivity contribution in [3.63, 3.8) is 0 Å². The van der Waals surface area contributed by atoms with Crippen LogP contribution >= 0.6 is 0 Å². The van der Waals surface area contributed by atoms with E-state index in [1.165, 1.54) is 6.07 Å². The van der Waals surface area contributed by atoms with Gasteiger partial charge in [0, 0.05) is 5.56 Å². The predicted molar refractivity (Wildman–Crippen MR) is 125 cm³/mol. The molecule has 8 heteroatoms. The van der Waals surface area contributed by atoms with Gasteiger partial charge in [0.25, 0.3) is 0 Å². The van der Waals surface area contributed by atoms with Gasteiger partial charge >= 0.3 is 12.0 Å². The molecule has 2 aromatic carbocycles. The Morgan fingerprint density at radius 3 is 2.48 bits per heavy atom. The largest absolute Gasteiger partial charge is 0.478 e. The normalized spacial score (nSPS) is 18.9. The average molecular weight is 449 g/mol. The number of hydrogen-bond acceptors (Lipinski definition) is 4. The molecular formula is C25H28N4O4. The van der Waals surface area contributed by atoms with Crippen LogP contribution in [0.1, 0.15) is 59.1 Å². The minimum Gasteiger partial charge on any atom is -0.478 e. The Hall–Kier alpha value is -3.65. The molecule has 33 heavy (non-hydrogen) atoms. The number of aliphatic hydroxyl groups is 1. The van der Waals surface area contributed by atoms with Crippen LogP contribution in [0.3, 0.4) is 0 Å². The summed E-state index contributed by atoms with van der Waals surface area (Å²) < 4.78 is 1.67. The fourth-order valence-corrected chi connectivity index (χ4v) is 4.49. The van der Waals surface area contributed by atoms with Gasteiger partial charge in [-0.3, -0.25) is 5.32 Å². The van der Waals surface area contributed by atoms with Crippen molar-refractivity contribution in [3.05, 3.63) is 76.5 Å². The minimum atomic E-state index is -1.06. The Bertz CT molecular complexity index is 1220. The Morgan fingerprint density at radius 1 is 1.12 bits per heavy atom. The lowest BCUT2D eigenvalue weighted by Crippen LogP contribution is -2.45. The Balaban J connectivity index is 1.65. The number of carbonyl (C=O) groups is 2. The summed E-state index contributed by atoms with van der Waals surface area (Å²) in [5.74, 6) is -0.530. The first-order valence-corrected chi connectivity index (χ1v) is 10.8. The van der Waals surface area contributed by atoms with Crippen molar-refractivity contribution in [2.24, 2.45) is 0 Å². The Kier molecular flexibility index (Phi) is 5.71. The molecule has 1 heterocycles. The number of carboxylic acids is 1. The quantitative estimate of drug-likeness (QED) is 0.480. The number of urea groups is 1. The summed E-state index contributed by atoms with van der Waals surface area (Å²) in [5.41, 5.74) is 3.68. The molecule has 1 aliphatic carbocycles. The zero-order valence-electron chi connectivity index (χ0n) is 19.1. The number of benzene rings is 2. The van der Waals surface area contributed by atoms with Gasteiger partial charge in [-0.05, 0) is 61.1 Å². The molecule has 2 amide bonds. The van der Waals surface area contributed by atoms with E-state index in [0.717, 1.165) is 22.5 Å². The molecule has 4 rings (SSSR count). The number of nitrogens with zero attached hydrogens (tertiary/aromatic N) is 2. The molecule has 0 saturated heterocycles. The molecule has 1 aliphatic rings. The number of rotatable bonds is 4. The number of nitrogens with one attached hydrogen (secondary N) is 2. The third-order valence-corrected chi connectivity index (χ3v) is 6.35. The molecule has 8 nitrogen and oxygen atoms in total. The monoisotopic (exact) mass is 448 g/mol. The van der Waals surface area contributed by atoms with E-state index in [0.29, 0.717) is 17.8 Å². The predicted octanol–water partition coefficient (Wildman–Crippen LogP) is 4.09. The third kappa shape index (κ3) is 4.21. The molecule has 3 aromatic rings. The summed E-state index contributed by atoms with van der Waals surface area (Å²) in [7, 11) is 0. The van der Waals surface area contributed by atoms with Crippen LogP contribution in [-0.2, 0) is 5.41 Å². The van der Waals surface area contributed by atoms with E-state index in [9.17, 15) is 19.8 Å². The van der Waals surface area contributed by atoms with Crippen LogP contribution in [0.4, 0.5) is 10.6 Å². The maximum Gasteiger partial charge on any atom is 0.335 e. The second kappa shape index (κ2) is 8.37. The van der Waals surface area contributed by atoms with Crippen LogP contribution in [0.15, 0.2) is 48.5 Å². The molecule has 2 unspecified atom stereocenters. The highest BCUT2D eigenvalue weighted by Gasteiger charge is 2.39. The first-order chi connectivity index (χ1) is 15.6. The van der Waals surface area contributed by atoms with Gasteiger partial charge in [-0.1, -0.05) is 38.1 Å². The van der Waals surface area contributed by atoms with E-state index in [1.54, 1.807) is 16.8 Å². The lowest BCUT2D eigenvalue weighted by Gasteiger charge is -2.40. The van der Waals surface area contributed by atoms with E-state index < -0.39 is 24.1 Å². The smallest absolute Gasteiger partial charge is 0.335 e. The van der Waals surface area contributed by atoms with Crippen molar-refractivity contribution in [1.29, 1.82) is 0 Å². The zero-order chi connectivity index (χ0) is 23.9. The highest BCUT2D eigenvalue weighted by Crippen LogP contribution is 2.42. The summed E-state index contributed by atoms with van der Waals surface area (Å²) in [6, 6.07) is 13.1. The molecule has 0 bridgehead atoms. The summed E-state index contributed by atoms with van der Waals surface area (Å²) in [6.45, 7) is 7.74. The third-order valence-electron chi connectivity index (χ3n) is 6.35. The van der Waals surface area contributed by atoms with E-state index >= 15 is 0 Å². The number of hydrogen-bond donors (Lipinski definition) is 4. The molecule has 2 atom stereocenters. The van der Waals surface area contributed by atoms with Crippen LogP contribution in [0.25, 0.3) is 5.69 Å². The van der Waals surface area contributed by atoms with Crippen molar-refractivity contribution in [2.75, 3.05) is 5.32 Å². The SMILES string of the molecule is Cc1nn(-c2ccccc2)c(NC(=O)NC2c3cc(C(=O)O)ccc3C(C)(C)CC2O)c1C. The first kappa shape index (κ1) is 22.5. The molecule has 0 saturated carbocycles. The standard InChI is InChI=1S/C25H28N4O4/c1-14-15(2)28-29(17-8-6-5-7-9-17)22(14)27-24(33)26-21-18-12-16(23(31)32)10-11-19(18)25(3,4)13-20(21)30/h5-12,20-21,30H,13H2,1-4H3,(H,31,32)(H2,26,27,33). The number of amides is 2. The zero-order valence-corrected chi connectivity index (χ0v) is 19.1. The number of carbonyl (C=O) groups excluding carboxylic acids is 1. The highest BCUT2D eigenvalue weighted by atomic mass is 16.4. The number of aromatic nitrogens is 2. The molecule has 0 spiro atoms. The number of aryl methyl sites for hydroxylation is 1. The average Bonchev–Trinajstić information content (AvgIpc) is 3.05. The Labute approximate surface area is 192 Å². The lowest BCUT2D eigenvalue weighted by atomic mass is 9.69. The summed E-state index contributed by atoms with van der Waals surface area (Å²) in [6.07, 6.45) is -0.443. The Morgan fingerprint density at radius 2 is 1.82 bits per heavy atom. The van der Waals surface area contributed by atoms with Gasteiger partial charge in [-0.25, -0.2) is 14.3 Å². The number of para-hydroxylation sites is 1. The molecule has 172 valence electrons. The van der Waals surface area contributed by atoms with Crippen molar-refractivity contribution in [2.45, 2.75) is 51.7 Å². The van der Waals surface area contributed by atoms with Gasteiger partial charge in [-0.2, -0.15) is 5.10 Å². The van der Waals surface area contributed by atoms with Crippen LogP contribution in [-0.4, -0.2) is 38.1 Å². The summed E-state index contributed by atoms with van der Waals surface area (Å²) in [5, 5.41) is 30.6. The fraction of sp³-hybridized carbons (Fsp3) is 0.320. The number of carboxylic acid groups (broad SMARTS) is 1. The van der Waals surface area contributed by atoms with Gasteiger partial charge in [-0.15, -0.1) is 0 Å². The van der Waals surface area contributed by atoms with Gasteiger partial charge < -0.3 is 15.5 Å². The second-order valence-electron chi connectivity index (χ2n) is 9.15. The molecule has 4 N–H and O–H groups in total. The fourth-order valence-electron chi connectivity index (χ4n) is 4.49. The number of anilines is 1. The molecule has 1 aromatic heterocycles. The number of aliphatic hydroxyl groups excluding tert-OH is 1. The lowest BCUT2D eigenvalue weighted by molar-refractivity contribution is 0.0693. The number of fused-ring (bicyclic) bond motifs is 1. The highest BCUT2D eigenvalue weighted by molar-refractivity contribution is 5.90. The molecule has 0 aliphatic heterocycles. The topological polar surface area (TPSA) is 116 Å². The molecule has 0 radical (unpaired) electrons.